The van der Waals surface area contributed by atoms with Gasteiger partial charge in [0.2, 0.25) is 0 Å². The predicted octanol–water partition coefficient (Wildman–Crippen LogP) is 2.69. The molecule has 0 N–H and O–H groups in total. The van der Waals surface area contributed by atoms with E-state index in [2.05, 4.69) is 29.1 Å². The monoisotopic (exact) mass is 222 g/mol. The van der Waals surface area contributed by atoms with Crippen molar-refractivity contribution < 1.29 is 0 Å². The Hall–Kier alpha value is 0.914. The smallest absolute Gasteiger partial charge is 0.124 e. The van der Waals surface area contributed by atoms with Crippen molar-refractivity contribution in [2.24, 2.45) is 0 Å². The SMILES string of the molecule is CC[SiH]1C[Si](Br)(CC)C1. The maximum absolute atomic E-state index is 3.92. The van der Waals surface area contributed by atoms with Crippen molar-refractivity contribution in [3.8, 4) is 0 Å². The van der Waals surface area contributed by atoms with Gasteiger partial charge < -0.3 is 0 Å². The van der Waals surface area contributed by atoms with Gasteiger partial charge >= 0.3 is 0 Å². The van der Waals surface area contributed by atoms with Crippen LogP contribution in [-0.4, -0.2) is 15.5 Å². The Morgan fingerprint density at radius 1 is 1.44 bits per heavy atom. The van der Waals surface area contributed by atoms with E-state index in [9.17, 15) is 0 Å². The van der Waals surface area contributed by atoms with Crippen molar-refractivity contribution in [3.63, 3.8) is 0 Å². The molecule has 9 heavy (non-hydrogen) atoms. The van der Waals surface area contributed by atoms with Crippen LogP contribution >= 0.6 is 15.3 Å². The molecule has 1 aliphatic heterocycles. The van der Waals surface area contributed by atoms with Crippen molar-refractivity contribution in [1.82, 2.24) is 0 Å². The maximum atomic E-state index is 3.92. The molecular formula is C6H15BrSi2. The molecule has 1 fully saturated rings. The van der Waals surface area contributed by atoms with Gasteiger partial charge in [0.25, 0.3) is 0 Å². The van der Waals surface area contributed by atoms with Crippen LogP contribution in [0.5, 0.6) is 0 Å². The van der Waals surface area contributed by atoms with E-state index < -0.39 is 6.69 Å². The second kappa shape index (κ2) is 2.88. The van der Waals surface area contributed by atoms with Crippen molar-refractivity contribution in [2.45, 2.75) is 37.3 Å². The number of halogens is 1. The first kappa shape index (κ1) is 8.01. The Morgan fingerprint density at radius 2 is 2.00 bits per heavy atom. The summed E-state index contributed by atoms with van der Waals surface area (Å²) in [5, 5.41) is 0. The van der Waals surface area contributed by atoms with Gasteiger partial charge in [0, 0.05) is 8.80 Å². The fourth-order valence-corrected chi connectivity index (χ4v) is 22.2. The molecule has 0 aromatic heterocycles. The van der Waals surface area contributed by atoms with Gasteiger partial charge in [-0.1, -0.05) is 37.3 Å². The van der Waals surface area contributed by atoms with Crippen LogP contribution in [0, 0.1) is 0 Å². The summed E-state index contributed by atoms with van der Waals surface area (Å²) in [7, 11) is -0.108. The van der Waals surface area contributed by atoms with E-state index in [0.717, 1.165) is 0 Å². The van der Waals surface area contributed by atoms with Crippen LogP contribution in [0.4, 0.5) is 0 Å². The quantitative estimate of drug-likeness (QED) is 0.499. The number of hydrogen-bond donors (Lipinski definition) is 0. The van der Waals surface area contributed by atoms with E-state index in [1.54, 1.807) is 17.4 Å². The summed E-state index contributed by atoms with van der Waals surface area (Å²) in [6.07, 6.45) is 0. The topological polar surface area (TPSA) is 0 Å². The molecule has 54 valence electrons. The van der Waals surface area contributed by atoms with Crippen molar-refractivity contribution in [3.05, 3.63) is 0 Å². The van der Waals surface area contributed by atoms with Crippen LogP contribution in [0.25, 0.3) is 0 Å². The Kier molecular flexibility index (Phi) is 2.57. The summed E-state index contributed by atoms with van der Waals surface area (Å²) < 4.78 is 0. The van der Waals surface area contributed by atoms with Crippen LogP contribution < -0.4 is 0 Å². The summed E-state index contributed by atoms with van der Waals surface area (Å²) >= 11 is 3.92. The van der Waals surface area contributed by atoms with Crippen LogP contribution in [0.1, 0.15) is 13.8 Å². The summed E-state index contributed by atoms with van der Waals surface area (Å²) in [5.74, 6) is 0. The third-order valence-corrected chi connectivity index (χ3v) is 22.9. The molecule has 0 amide bonds. The van der Waals surface area contributed by atoms with Gasteiger partial charge in [0.15, 0.2) is 0 Å². The van der Waals surface area contributed by atoms with E-state index in [1.807, 2.05) is 0 Å². The Balaban J connectivity index is 2.24. The van der Waals surface area contributed by atoms with Crippen LogP contribution in [0.2, 0.25) is 23.4 Å². The molecule has 0 saturated carbocycles. The molecule has 0 unspecified atom stereocenters. The predicted molar refractivity (Wildman–Crippen MR) is 52.4 cm³/mol. The van der Waals surface area contributed by atoms with E-state index in [4.69, 9.17) is 0 Å². The van der Waals surface area contributed by atoms with E-state index in [1.165, 1.54) is 6.04 Å². The molecule has 1 saturated heterocycles. The van der Waals surface area contributed by atoms with E-state index in [-0.39, 0.29) is 8.80 Å². The van der Waals surface area contributed by atoms with Gasteiger partial charge in [-0.05, 0) is 0 Å². The number of hydrogen-bond acceptors (Lipinski definition) is 0. The summed E-state index contributed by atoms with van der Waals surface area (Å²) in [6.45, 7) is 4.04. The fraction of sp³-hybridized carbons (Fsp3) is 1.00. The highest BCUT2D eigenvalue weighted by molar-refractivity contribution is 9.26. The van der Waals surface area contributed by atoms with Crippen LogP contribution in [0.15, 0.2) is 0 Å². The highest BCUT2D eigenvalue weighted by atomic mass is 79.9. The molecule has 3 heteroatoms. The van der Waals surface area contributed by atoms with Gasteiger partial charge in [0.1, 0.15) is 6.69 Å². The van der Waals surface area contributed by atoms with E-state index >= 15 is 0 Å². The van der Waals surface area contributed by atoms with Crippen molar-refractivity contribution >= 4 is 30.8 Å². The van der Waals surface area contributed by atoms with Crippen LogP contribution in [0.3, 0.4) is 0 Å². The molecular weight excluding hydrogens is 208 g/mol. The minimum absolute atomic E-state index is 0.108. The first-order chi connectivity index (χ1) is 4.20. The average Bonchev–Trinajstić information content (AvgIpc) is 1.81. The largest absolute Gasteiger partial charge is 0.127 e. The van der Waals surface area contributed by atoms with Crippen molar-refractivity contribution in [2.75, 3.05) is 0 Å². The van der Waals surface area contributed by atoms with Crippen molar-refractivity contribution in [1.29, 1.82) is 0 Å². The molecule has 0 spiro atoms. The summed E-state index contributed by atoms with van der Waals surface area (Å²) in [4.78, 5) is 0. The zero-order valence-electron chi connectivity index (χ0n) is 6.28. The van der Waals surface area contributed by atoms with Gasteiger partial charge in [-0.3, -0.25) is 0 Å². The Bertz CT molecular complexity index is 99.2. The Morgan fingerprint density at radius 3 is 2.33 bits per heavy atom. The highest BCUT2D eigenvalue weighted by Gasteiger charge is 2.42. The average molecular weight is 223 g/mol. The molecule has 0 nitrogen and oxygen atoms in total. The third-order valence-electron chi connectivity index (χ3n) is 2.52. The summed E-state index contributed by atoms with van der Waals surface area (Å²) in [6, 6.07) is 3.01. The molecule has 1 rings (SSSR count). The number of rotatable bonds is 2. The zero-order chi connectivity index (χ0) is 6.91. The molecule has 1 heterocycles. The zero-order valence-corrected chi connectivity index (χ0v) is 10.0. The second-order valence-corrected chi connectivity index (χ2v) is 17.1. The van der Waals surface area contributed by atoms with Gasteiger partial charge in [-0.25, -0.2) is 0 Å². The molecule has 0 aromatic rings. The maximum Gasteiger partial charge on any atom is 0.124 e. The lowest BCUT2D eigenvalue weighted by molar-refractivity contribution is 1.27. The summed E-state index contributed by atoms with van der Waals surface area (Å²) in [5.41, 5.74) is 3.36. The van der Waals surface area contributed by atoms with Gasteiger partial charge in [0.05, 0.1) is 0 Å². The van der Waals surface area contributed by atoms with E-state index in [0.29, 0.717) is 0 Å². The van der Waals surface area contributed by atoms with Gasteiger partial charge in [-0.15, -0.1) is 15.3 Å². The molecule has 1 aliphatic rings. The standard InChI is InChI=1S/C6H15BrSi2/c1-3-8-5-9(7,4-2)6-8/h8H,3-6H2,1-2H3. The molecule has 0 aliphatic carbocycles. The fourth-order valence-electron chi connectivity index (χ4n) is 1.55. The lowest BCUT2D eigenvalue weighted by atomic mass is 11.0. The minimum Gasteiger partial charge on any atom is -0.127 e. The van der Waals surface area contributed by atoms with Crippen LogP contribution in [-0.2, 0) is 0 Å². The first-order valence-electron chi connectivity index (χ1n) is 3.89. The first-order valence-corrected chi connectivity index (χ1v) is 11.2. The van der Waals surface area contributed by atoms with Gasteiger partial charge in [-0.2, -0.15) is 0 Å². The normalized spacial score (nSPS) is 42.3. The molecule has 0 atom stereocenters. The highest BCUT2D eigenvalue weighted by Crippen LogP contribution is 2.40. The molecule has 0 radical (unpaired) electrons. The minimum atomic E-state index is -0.681. The Labute approximate surface area is 68.2 Å². The molecule has 0 bridgehead atoms. The lowest BCUT2D eigenvalue weighted by Gasteiger charge is -2.39. The third kappa shape index (κ3) is 1.68. The second-order valence-electron chi connectivity index (χ2n) is 3.19. The lowest BCUT2D eigenvalue weighted by Crippen LogP contribution is -2.47. The molecule has 0 aromatic carbocycles.